The summed E-state index contributed by atoms with van der Waals surface area (Å²) >= 11 is 0. The van der Waals surface area contributed by atoms with Gasteiger partial charge in [0.05, 0.1) is 0 Å². The molecule has 0 spiro atoms. The van der Waals surface area contributed by atoms with Gasteiger partial charge in [-0.1, -0.05) is 19.3 Å². The van der Waals surface area contributed by atoms with E-state index in [4.69, 9.17) is 0 Å². The average Bonchev–Trinajstić information content (AvgIpc) is 2.28. The van der Waals surface area contributed by atoms with Gasteiger partial charge in [0.1, 0.15) is 0 Å². The van der Waals surface area contributed by atoms with E-state index in [2.05, 4.69) is 0 Å². The molecule has 96 valence electrons. The molecule has 0 amide bonds. The maximum absolute atomic E-state index is 12.2. The van der Waals surface area contributed by atoms with Crippen LogP contribution in [-0.2, 0) is 10.2 Å². The maximum Gasteiger partial charge on any atom is 0.281 e. The van der Waals surface area contributed by atoms with Crippen molar-refractivity contribution in [3.63, 3.8) is 0 Å². The van der Waals surface area contributed by atoms with E-state index in [0.717, 1.165) is 25.7 Å². The van der Waals surface area contributed by atoms with Crippen LogP contribution in [0.15, 0.2) is 0 Å². The second-order valence-electron chi connectivity index (χ2n) is 4.93. The van der Waals surface area contributed by atoms with Gasteiger partial charge < -0.3 is 0 Å². The van der Waals surface area contributed by atoms with Crippen LogP contribution >= 0.6 is 0 Å². The van der Waals surface area contributed by atoms with Crippen LogP contribution in [0.3, 0.4) is 0 Å². The third-order valence-corrected chi connectivity index (χ3v) is 5.72. The first-order valence-corrected chi connectivity index (χ1v) is 7.48. The summed E-state index contributed by atoms with van der Waals surface area (Å²) in [7, 11) is 0.0934. The van der Waals surface area contributed by atoms with E-state index in [9.17, 15) is 8.42 Å². The molecule has 1 fully saturated rings. The highest BCUT2D eigenvalue weighted by Gasteiger charge is 2.31. The van der Waals surface area contributed by atoms with Crippen molar-refractivity contribution in [3.05, 3.63) is 0 Å². The Balaban J connectivity index is 2.74. The zero-order chi connectivity index (χ0) is 12.3. The minimum atomic E-state index is -3.27. The molecule has 0 aromatic carbocycles. The Kier molecular flexibility index (Phi) is 4.76. The van der Waals surface area contributed by atoms with E-state index in [1.807, 2.05) is 13.8 Å². The van der Waals surface area contributed by atoms with Crippen molar-refractivity contribution in [1.82, 2.24) is 8.61 Å². The van der Waals surface area contributed by atoms with E-state index in [1.54, 1.807) is 18.4 Å². The summed E-state index contributed by atoms with van der Waals surface area (Å²) in [6, 6.07) is 0.205. The monoisotopic (exact) mass is 248 g/mol. The minimum Gasteiger partial charge on any atom is -0.195 e. The summed E-state index contributed by atoms with van der Waals surface area (Å²) in [5.74, 6) is 0. The molecular formula is C11H24N2O2S. The van der Waals surface area contributed by atoms with Crippen LogP contribution < -0.4 is 0 Å². The predicted molar refractivity (Wildman–Crippen MR) is 66.5 cm³/mol. The maximum atomic E-state index is 12.2. The summed E-state index contributed by atoms with van der Waals surface area (Å²) in [6.45, 7) is 3.79. The molecule has 1 saturated carbocycles. The summed E-state index contributed by atoms with van der Waals surface area (Å²) < 4.78 is 27.5. The summed E-state index contributed by atoms with van der Waals surface area (Å²) in [5, 5.41) is 0. The van der Waals surface area contributed by atoms with Crippen molar-refractivity contribution >= 4 is 10.2 Å². The molecule has 4 nitrogen and oxygen atoms in total. The molecule has 0 saturated heterocycles. The van der Waals surface area contributed by atoms with Crippen molar-refractivity contribution in [3.8, 4) is 0 Å². The number of hydrogen-bond acceptors (Lipinski definition) is 2. The lowest BCUT2D eigenvalue weighted by Gasteiger charge is -2.34. The third kappa shape index (κ3) is 2.96. The zero-order valence-electron chi connectivity index (χ0n) is 10.8. The molecule has 0 aliphatic heterocycles. The lowest BCUT2D eigenvalue weighted by molar-refractivity contribution is 0.262. The first-order valence-electron chi connectivity index (χ1n) is 6.08. The summed E-state index contributed by atoms with van der Waals surface area (Å²) in [5.41, 5.74) is 0. The number of nitrogens with zero attached hydrogens (tertiary/aromatic N) is 2. The molecule has 5 heteroatoms. The second-order valence-corrected chi connectivity index (χ2v) is 6.97. The predicted octanol–water partition coefficient (Wildman–Crippen LogP) is 1.84. The van der Waals surface area contributed by atoms with E-state index >= 15 is 0 Å². The van der Waals surface area contributed by atoms with Gasteiger partial charge in [-0.05, 0) is 26.7 Å². The Labute approximate surface area is 99.8 Å². The topological polar surface area (TPSA) is 40.6 Å². The van der Waals surface area contributed by atoms with Gasteiger partial charge in [0, 0.05) is 26.2 Å². The van der Waals surface area contributed by atoms with Crippen LogP contribution in [0.1, 0.15) is 46.0 Å². The lowest BCUT2D eigenvalue weighted by Crippen LogP contribution is -2.47. The van der Waals surface area contributed by atoms with Gasteiger partial charge in [-0.25, -0.2) is 0 Å². The largest absolute Gasteiger partial charge is 0.281 e. The molecule has 0 unspecified atom stereocenters. The Hall–Kier alpha value is -0.130. The SMILES string of the molecule is CC(C)N(C)S(=O)(=O)N(C)C1CCCCC1. The normalized spacial score (nSPS) is 19.9. The van der Waals surface area contributed by atoms with Crippen molar-refractivity contribution in [2.75, 3.05) is 14.1 Å². The minimum absolute atomic E-state index is 0.0102. The molecule has 0 heterocycles. The van der Waals surface area contributed by atoms with Crippen LogP contribution in [0.2, 0.25) is 0 Å². The number of hydrogen-bond donors (Lipinski definition) is 0. The molecule has 0 aromatic heterocycles. The van der Waals surface area contributed by atoms with Crippen molar-refractivity contribution in [2.45, 2.75) is 58.0 Å². The number of rotatable bonds is 4. The molecule has 0 radical (unpaired) electrons. The molecular weight excluding hydrogens is 224 g/mol. The molecule has 1 rings (SSSR count). The van der Waals surface area contributed by atoms with E-state index in [0.29, 0.717) is 0 Å². The Bertz CT molecular complexity index is 308. The summed E-state index contributed by atoms with van der Waals surface area (Å²) in [4.78, 5) is 0. The van der Waals surface area contributed by atoms with Gasteiger partial charge in [-0.2, -0.15) is 17.0 Å². The Morgan fingerprint density at radius 2 is 1.56 bits per heavy atom. The van der Waals surface area contributed by atoms with E-state index in [-0.39, 0.29) is 12.1 Å². The average molecular weight is 248 g/mol. The molecule has 0 N–H and O–H groups in total. The van der Waals surface area contributed by atoms with E-state index in [1.165, 1.54) is 10.7 Å². The molecule has 16 heavy (non-hydrogen) atoms. The Morgan fingerprint density at radius 1 is 1.06 bits per heavy atom. The Morgan fingerprint density at radius 3 is 2.00 bits per heavy atom. The fraction of sp³-hybridized carbons (Fsp3) is 1.00. The van der Waals surface area contributed by atoms with Gasteiger partial charge in [0.2, 0.25) is 0 Å². The van der Waals surface area contributed by atoms with Gasteiger partial charge >= 0.3 is 0 Å². The van der Waals surface area contributed by atoms with Crippen LogP contribution in [0.4, 0.5) is 0 Å². The van der Waals surface area contributed by atoms with Crippen LogP contribution in [0, 0.1) is 0 Å². The first kappa shape index (κ1) is 13.9. The van der Waals surface area contributed by atoms with Crippen molar-refractivity contribution in [1.29, 1.82) is 0 Å². The van der Waals surface area contributed by atoms with Crippen molar-refractivity contribution < 1.29 is 8.42 Å². The van der Waals surface area contributed by atoms with Gasteiger partial charge in [-0.15, -0.1) is 0 Å². The van der Waals surface area contributed by atoms with Crippen molar-refractivity contribution in [2.24, 2.45) is 0 Å². The fourth-order valence-corrected chi connectivity index (χ4v) is 3.63. The first-order chi connectivity index (χ1) is 7.37. The zero-order valence-corrected chi connectivity index (χ0v) is 11.6. The van der Waals surface area contributed by atoms with Gasteiger partial charge in [0.15, 0.2) is 0 Å². The van der Waals surface area contributed by atoms with Crippen LogP contribution in [0.5, 0.6) is 0 Å². The highest BCUT2D eigenvalue weighted by atomic mass is 32.2. The fourth-order valence-electron chi connectivity index (χ4n) is 2.10. The van der Waals surface area contributed by atoms with Gasteiger partial charge in [-0.3, -0.25) is 0 Å². The molecule has 0 atom stereocenters. The molecule has 1 aliphatic carbocycles. The highest BCUT2D eigenvalue weighted by molar-refractivity contribution is 7.86. The quantitative estimate of drug-likeness (QED) is 0.761. The lowest BCUT2D eigenvalue weighted by atomic mass is 9.96. The molecule has 1 aliphatic rings. The second kappa shape index (κ2) is 5.47. The highest BCUT2D eigenvalue weighted by Crippen LogP contribution is 2.24. The third-order valence-electron chi connectivity index (χ3n) is 3.54. The van der Waals surface area contributed by atoms with Crippen LogP contribution in [-0.4, -0.2) is 43.2 Å². The molecule has 0 bridgehead atoms. The van der Waals surface area contributed by atoms with E-state index < -0.39 is 10.2 Å². The smallest absolute Gasteiger partial charge is 0.195 e. The molecule has 0 aromatic rings. The standard InChI is InChI=1S/C11H24N2O2S/c1-10(2)12(3)16(14,15)13(4)11-8-6-5-7-9-11/h10-11H,5-9H2,1-4H3. The van der Waals surface area contributed by atoms with Crippen LogP contribution in [0.25, 0.3) is 0 Å². The van der Waals surface area contributed by atoms with Gasteiger partial charge in [0.25, 0.3) is 10.2 Å². The summed E-state index contributed by atoms with van der Waals surface area (Å²) in [6.07, 6.45) is 5.54.